The molecule has 0 atom stereocenters. The molecular formula is C20H19N3O5S2. The van der Waals surface area contributed by atoms with Gasteiger partial charge in [-0.3, -0.25) is 4.72 Å². The van der Waals surface area contributed by atoms with E-state index < -0.39 is 16.0 Å². The monoisotopic (exact) mass is 445 g/mol. The Hall–Kier alpha value is -3.11. The molecular weight excluding hydrogens is 426 g/mol. The molecule has 0 spiro atoms. The fourth-order valence-corrected chi connectivity index (χ4v) is 5.38. The molecule has 10 heteroatoms. The normalized spacial score (nSPS) is 14.2. The van der Waals surface area contributed by atoms with Crippen LogP contribution in [-0.4, -0.2) is 44.7 Å². The number of hydrogen-bond acceptors (Lipinski definition) is 7. The molecule has 0 bridgehead atoms. The van der Waals surface area contributed by atoms with E-state index in [-0.39, 0.29) is 22.0 Å². The number of anilines is 2. The van der Waals surface area contributed by atoms with Crippen molar-refractivity contribution in [2.24, 2.45) is 0 Å². The van der Waals surface area contributed by atoms with Gasteiger partial charge in [0.25, 0.3) is 10.0 Å². The summed E-state index contributed by atoms with van der Waals surface area (Å²) in [7, 11) is -2.61. The molecule has 2 aromatic carbocycles. The summed E-state index contributed by atoms with van der Waals surface area (Å²) in [6.45, 7) is 1.57. The smallest absolute Gasteiger partial charge is 0.335 e. The summed E-state index contributed by atoms with van der Waals surface area (Å²) in [4.78, 5) is 17.4. The minimum atomic E-state index is -3.95. The van der Waals surface area contributed by atoms with Crippen LogP contribution in [-0.2, 0) is 10.0 Å². The first-order chi connectivity index (χ1) is 14.4. The van der Waals surface area contributed by atoms with Crippen LogP contribution in [0.3, 0.4) is 0 Å². The average molecular weight is 446 g/mol. The zero-order chi connectivity index (χ0) is 21.3. The number of carbonyl (C=O) groups is 1. The highest BCUT2D eigenvalue weighted by molar-refractivity contribution is 7.92. The first kappa shape index (κ1) is 20.2. The zero-order valence-electron chi connectivity index (χ0n) is 16.0. The molecule has 1 aromatic heterocycles. The molecule has 1 aliphatic rings. The lowest BCUT2D eigenvalue weighted by atomic mass is 9.92. The van der Waals surface area contributed by atoms with Gasteiger partial charge >= 0.3 is 5.97 Å². The van der Waals surface area contributed by atoms with Gasteiger partial charge in [-0.05, 0) is 23.8 Å². The minimum Gasteiger partial charge on any atom is -0.495 e. The van der Waals surface area contributed by atoms with E-state index in [2.05, 4.69) is 21.8 Å². The summed E-state index contributed by atoms with van der Waals surface area (Å²) in [6.07, 6.45) is 0. The van der Waals surface area contributed by atoms with Crippen molar-refractivity contribution in [3.05, 3.63) is 65.0 Å². The fourth-order valence-electron chi connectivity index (χ4n) is 3.20. The van der Waals surface area contributed by atoms with Gasteiger partial charge in [0, 0.05) is 24.4 Å². The highest BCUT2D eigenvalue weighted by atomic mass is 32.2. The molecule has 1 fully saturated rings. The summed E-state index contributed by atoms with van der Waals surface area (Å²) in [5.41, 5.74) is 1.40. The van der Waals surface area contributed by atoms with E-state index in [4.69, 9.17) is 9.84 Å². The number of thiazole rings is 1. The number of aromatic nitrogens is 1. The van der Waals surface area contributed by atoms with Gasteiger partial charge in [0.1, 0.15) is 5.75 Å². The summed E-state index contributed by atoms with van der Waals surface area (Å²) in [5.74, 6) is -0.608. The Kier molecular flexibility index (Phi) is 5.35. The molecule has 1 saturated heterocycles. The standard InChI is InChI=1S/C20H19N3O5S2/c1-28-17-9-14(19(24)25)7-8-16(17)22-30(26,27)18-12-29-20(21-18)23-10-15(11-23)13-5-3-2-4-6-13/h2-9,12,15,22H,10-11H2,1H3,(H,24,25). The number of nitrogens with zero attached hydrogens (tertiary/aromatic N) is 2. The molecule has 2 N–H and O–H groups in total. The van der Waals surface area contributed by atoms with Crippen LogP contribution in [0.5, 0.6) is 5.75 Å². The Balaban J connectivity index is 1.47. The third-order valence-corrected chi connectivity index (χ3v) is 7.16. The predicted octanol–water partition coefficient (Wildman–Crippen LogP) is 3.25. The average Bonchev–Trinajstić information content (AvgIpc) is 3.18. The maximum absolute atomic E-state index is 12.8. The molecule has 0 saturated carbocycles. The van der Waals surface area contributed by atoms with Crippen molar-refractivity contribution in [3.8, 4) is 5.75 Å². The predicted molar refractivity (Wildman–Crippen MR) is 114 cm³/mol. The largest absolute Gasteiger partial charge is 0.495 e. The second-order valence-electron chi connectivity index (χ2n) is 6.81. The molecule has 8 nitrogen and oxygen atoms in total. The van der Waals surface area contributed by atoms with E-state index in [9.17, 15) is 13.2 Å². The third-order valence-electron chi connectivity index (χ3n) is 4.86. The number of aromatic carboxylic acids is 1. The van der Waals surface area contributed by atoms with Crippen LogP contribution >= 0.6 is 11.3 Å². The Morgan fingerprint density at radius 2 is 1.97 bits per heavy atom. The zero-order valence-corrected chi connectivity index (χ0v) is 17.6. The van der Waals surface area contributed by atoms with Gasteiger partial charge in [-0.25, -0.2) is 9.78 Å². The van der Waals surface area contributed by atoms with Crippen LogP contribution in [0.4, 0.5) is 10.8 Å². The van der Waals surface area contributed by atoms with Crippen molar-refractivity contribution >= 4 is 38.1 Å². The topological polar surface area (TPSA) is 109 Å². The van der Waals surface area contributed by atoms with Crippen LogP contribution < -0.4 is 14.4 Å². The molecule has 30 heavy (non-hydrogen) atoms. The van der Waals surface area contributed by atoms with Gasteiger partial charge in [0.05, 0.1) is 18.4 Å². The van der Waals surface area contributed by atoms with E-state index in [1.165, 1.54) is 47.6 Å². The molecule has 0 radical (unpaired) electrons. The van der Waals surface area contributed by atoms with E-state index in [0.717, 1.165) is 13.1 Å². The Bertz CT molecular complexity index is 1170. The van der Waals surface area contributed by atoms with Gasteiger partial charge in [-0.1, -0.05) is 30.3 Å². The van der Waals surface area contributed by atoms with E-state index in [1.54, 1.807) is 0 Å². The van der Waals surface area contributed by atoms with Crippen molar-refractivity contribution in [2.45, 2.75) is 10.9 Å². The summed E-state index contributed by atoms with van der Waals surface area (Å²) >= 11 is 1.27. The Labute approximate surface area is 177 Å². The van der Waals surface area contributed by atoms with Crippen LogP contribution in [0.2, 0.25) is 0 Å². The van der Waals surface area contributed by atoms with Gasteiger partial charge in [-0.15, -0.1) is 11.3 Å². The fraction of sp³-hybridized carbons (Fsp3) is 0.200. The summed E-state index contributed by atoms with van der Waals surface area (Å²) < 4.78 is 33.1. The van der Waals surface area contributed by atoms with Crippen molar-refractivity contribution < 1.29 is 23.1 Å². The number of sulfonamides is 1. The minimum absolute atomic E-state index is 0.00324. The Morgan fingerprint density at radius 1 is 1.23 bits per heavy atom. The highest BCUT2D eigenvalue weighted by Crippen LogP contribution is 2.35. The maximum atomic E-state index is 12.8. The molecule has 3 aromatic rings. The van der Waals surface area contributed by atoms with Gasteiger partial charge in [-0.2, -0.15) is 8.42 Å². The molecule has 156 valence electrons. The molecule has 4 rings (SSSR count). The van der Waals surface area contributed by atoms with Crippen molar-refractivity contribution in [1.82, 2.24) is 4.98 Å². The molecule has 1 aliphatic heterocycles. The van der Waals surface area contributed by atoms with Gasteiger partial charge < -0.3 is 14.7 Å². The SMILES string of the molecule is COc1cc(C(=O)O)ccc1NS(=O)(=O)c1csc(N2CC(c3ccccc3)C2)n1. The lowest BCUT2D eigenvalue weighted by Gasteiger charge is -2.39. The number of benzene rings is 2. The third kappa shape index (κ3) is 3.96. The van der Waals surface area contributed by atoms with Gasteiger partial charge in [0.2, 0.25) is 0 Å². The number of methoxy groups -OCH3 is 1. The first-order valence-corrected chi connectivity index (χ1v) is 11.4. The number of ether oxygens (including phenoxy) is 1. The maximum Gasteiger partial charge on any atom is 0.335 e. The number of nitrogens with one attached hydrogen (secondary N) is 1. The molecule has 0 aliphatic carbocycles. The van der Waals surface area contributed by atoms with E-state index >= 15 is 0 Å². The summed E-state index contributed by atoms with van der Waals surface area (Å²) in [6, 6.07) is 14.1. The Morgan fingerprint density at radius 3 is 2.63 bits per heavy atom. The van der Waals surface area contributed by atoms with Crippen LogP contribution in [0.15, 0.2) is 58.9 Å². The van der Waals surface area contributed by atoms with Crippen LogP contribution in [0.25, 0.3) is 0 Å². The number of carboxylic acids is 1. The lowest BCUT2D eigenvalue weighted by Crippen LogP contribution is -2.45. The van der Waals surface area contributed by atoms with Crippen LogP contribution in [0, 0.1) is 0 Å². The lowest BCUT2D eigenvalue weighted by molar-refractivity contribution is 0.0696. The number of carboxylic acid groups (broad SMARTS) is 1. The quantitative estimate of drug-likeness (QED) is 0.575. The van der Waals surface area contributed by atoms with E-state index in [0.29, 0.717) is 11.0 Å². The van der Waals surface area contributed by atoms with Crippen molar-refractivity contribution in [2.75, 3.05) is 29.8 Å². The second-order valence-corrected chi connectivity index (χ2v) is 9.27. The number of rotatable bonds is 7. The van der Waals surface area contributed by atoms with Crippen molar-refractivity contribution in [3.63, 3.8) is 0 Å². The van der Waals surface area contributed by atoms with Crippen LogP contribution in [0.1, 0.15) is 21.8 Å². The molecule has 0 amide bonds. The number of hydrogen-bond donors (Lipinski definition) is 2. The van der Waals surface area contributed by atoms with E-state index in [1.807, 2.05) is 23.1 Å². The summed E-state index contributed by atoms with van der Waals surface area (Å²) in [5, 5.41) is 11.1. The first-order valence-electron chi connectivity index (χ1n) is 9.07. The molecule has 0 unspecified atom stereocenters. The second kappa shape index (κ2) is 7.96. The highest BCUT2D eigenvalue weighted by Gasteiger charge is 2.31. The van der Waals surface area contributed by atoms with Crippen molar-refractivity contribution in [1.29, 1.82) is 0 Å². The molecule has 2 heterocycles. The van der Waals surface area contributed by atoms with Gasteiger partial charge in [0.15, 0.2) is 10.2 Å².